The molecule has 5 aliphatic rings. The van der Waals surface area contributed by atoms with Gasteiger partial charge in [-0.05, 0) is 72.9 Å². The van der Waals surface area contributed by atoms with Crippen LogP contribution in [0.5, 0.6) is 11.5 Å². The zero-order chi connectivity index (χ0) is 19.0. The molecule has 6 atom stereocenters. The van der Waals surface area contributed by atoms with E-state index in [2.05, 4.69) is 12.2 Å². The highest BCUT2D eigenvalue weighted by atomic mass is 16.5. The fourth-order valence-corrected chi connectivity index (χ4v) is 5.67. The Labute approximate surface area is 163 Å². The number of benzene rings is 2. The number of para-hydroxylation sites is 1. The number of hydrogen-bond donors (Lipinski definition) is 0. The van der Waals surface area contributed by atoms with Crippen LogP contribution in [-0.2, 0) is 9.59 Å². The first-order chi connectivity index (χ1) is 13.6. The van der Waals surface area contributed by atoms with E-state index < -0.39 is 0 Å². The number of nitrogens with zero attached hydrogens (tertiary/aromatic N) is 1. The van der Waals surface area contributed by atoms with Crippen molar-refractivity contribution in [3.8, 4) is 11.5 Å². The van der Waals surface area contributed by atoms with Gasteiger partial charge in [0.1, 0.15) is 11.5 Å². The monoisotopic (exact) mass is 371 g/mol. The highest BCUT2D eigenvalue weighted by molar-refractivity contribution is 6.22. The molecule has 0 radical (unpaired) electrons. The first kappa shape index (κ1) is 16.1. The van der Waals surface area contributed by atoms with Crippen molar-refractivity contribution >= 4 is 17.5 Å². The van der Waals surface area contributed by atoms with E-state index in [1.807, 2.05) is 55.5 Å². The Kier molecular flexibility index (Phi) is 3.20. The van der Waals surface area contributed by atoms with Gasteiger partial charge in [0.25, 0.3) is 0 Å². The Balaban J connectivity index is 1.27. The number of carbonyl (C=O) groups excluding carboxylic acids is 2. The number of allylic oxidation sites excluding steroid dienone is 2. The molecule has 4 heteroatoms. The van der Waals surface area contributed by atoms with Crippen molar-refractivity contribution in [2.24, 2.45) is 35.5 Å². The van der Waals surface area contributed by atoms with Crippen LogP contribution in [0.2, 0.25) is 0 Å². The summed E-state index contributed by atoms with van der Waals surface area (Å²) in [5.41, 5.74) is 1.71. The molecule has 1 saturated heterocycles. The third-order valence-corrected chi connectivity index (χ3v) is 7.08. The highest BCUT2D eigenvalue weighted by Crippen LogP contribution is 2.65. The van der Waals surface area contributed by atoms with Crippen LogP contribution >= 0.6 is 0 Å². The lowest BCUT2D eigenvalue weighted by atomic mass is 9.63. The van der Waals surface area contributed by atoms with Gasteiger partial charge in [0, 0.05) is 0 Å². The summed E-state index contributed by atoms with van der Waals surface area (Å²) in [6.07, 6.45) is 5.59. The maximum absolute atomic E-state index is 13.2. The molecule has 140 valence electrons. The summed E-state index contributed by atoms with van der Waals surface area (Å²) in [6.45, 7) is 2.00. The van der Waals surface area contributed by atoms with E-state index in [9.17, 15) is 9.59 Å². The molecule has 4 nitrogen and oxygen atoms in total. The zero-order valence-corrected chi connectivity index (χ0v) is 15.6. The van der Waals surface area contributed by atoms with E-state index >= 15 is 0 Å². The van der Waals surface area contributed by atoms with Gasteiger partial charge < -0.3 is 4.74 Å². The summed E-state index contributed by atoms with van der Waals surface area (Å²) in [4.78, 5) is 27.8. The molecular weight excluding hydrogens is 350 g/mol. The molecule has 4 aliphatic carbocycles. The maximum atomic E-state index is 13.2. The standard InChI is InChI=1S/C24H21NO3/c1-13-4-2-3-5-20(13)28-15-8-6-14(7-9-15)25-23(26)21-16-10-11-17(19-12-18(16)19)22(21)24(25)27/h2-11,16-19,21-22H,12H2,1H3/t16-,17-,18-,19+,21-,22+/m0/s1. The van der Waals surface area contributed by atoms with Gasteiger partial charge >= 0.3 is 0 Å². The van der Waals surface area contributed by atoms with Crippen LogP contribution in [0.25, 0.3) is 0 Å². The van der Waals surface area contributed by atoms with Gasteiger partial charge in [-0.2, -0.15) is 0 Å². The second kappa shape index (κ2) is 5.57. The summed E-state index contributed by atoms with van der Waals surface area (Å²) in [5, 5.41) is 0. The summed E-state index contributed by atoms with van der Waals surface area (Å²) >= 11 is 0. The minimum Gasteiger partial charge on any atom is -0.457 e. The van der Waals surface area contributed by atoms with Gasteiger partial charge in [-0.3, -0.25) is 14.5 Å². The number of hydrogen-bond acceptors (Lipinski definition) is 3. The number of carbonyl (C=O) groups is 2. The number of ether oxygens (including phenoxy) is 1. The van der Waals surface area contributed by atoms with Crippen LogP contribution in [-0.4, -0.2) is 11.8 Å². The van der Waals surface area contributed by atoms with Gasteiger partial charge in [-0.1, -0.05) is 30.4 Å². The minimum absolute atomic E-state index is 0.0210. The van der Waals surface area contributed by atoms with E-state index in [1.165, 1.54) is 11.3 Å². The van der Waals surface area contributed by atoms with Gasteiger partial charge in [-0.15, -0.1) is 0 Å². The van der Waals surface area contributed by atoms with E-state index in [-0.39, 0.29) is 35.5 Å². The average molecular weight is 371 g/mol. The smallest absolute Gasteiger partial charge is 0.238 e. The summed E-state index contributed by atoms with van der Waals surface area (Å²) in [7, 11) is 0. The Morgan fingerprint density at radius 1 is 0.857 bits per heavy atom. The van der Waals surface area contributed by atoms with E-state index in [0.29, 0.717) is 23.3 Å². The SMILES string of the molecule is Cc1ccccc1Oc1ccc(N2C(=O)[C@@H]3[C@H]4C=C[C@@H]([C@@H]5C[C@H]45)[C@@H]3C2=O)cc1. The Morgan fingerprint density at radius 2 is 1.46 bits per heavy atom. The molecule has 7 rings (SSSR count). The van der Waals surface area contributed by atoms with Crippen molar-refractivity contribution in [2.45, 2.75) is 13.3 Å². The highest BCUT2D eigenvalue weighted by Gasteiger charge is 2.67. The average Bonchev–Trinajstić information content (AvgIpc) is 3.49. The van der Waals surface area contributed by atoms with Crippen LogP contribution in [0.3, 0.4) is 0 Å². The first-order valence-electron chi connectivity index (χ1n) is 10.0. The molecule has 28 heavy (non-hydrogen) atoms. The normalized spacial score (nSPS) is 34.4. The number of imide groups is 1. The van der Waals surface area contributed by atoms with E-state index in [0.717, 1.165) is 11.3 Å². The van der Waals surface area contributed by atoms with Gasteiger partial charge in [-0.25, -0.2) is 0 Å². The van der Waals surface area contributed by atoms with Crippen LogP contribution in [0.15, 0.2) is 60.7 Å². The van der Waals surface area contributed by atoms with Gasteiger partial charge in [0.15, 0.2) is 0 Å². The maximum Gasteiger partial charge on any atom is 0.238 e. The molecule has 0 aromatic heterocycles. The van der Waals surface area contributed by atoms with Crippen molar-refractivity contribution in [3.63, 3.8) is 0 Å². The topological polar surface area (TPSA) is 46.6 Å². The predicted octanol–water partition coefficient (Wildman–Crippen LogP) is 4.34. The molecular formula is C24H21NO3. The van der Waals surface area contributed by atoms with Crippen LogP contribution in [0.1, 0.15) is 12.0 Å². The second-order valence-electron chi connectivity index (χ2n) is 8.53. The fourth-order valence-electron chi connectivity index (χ4n) is 5.67. The Bertz CT molecular complexity index is 988. The Hall–Kier alpha value is -2.88. The van der Waals surface area contributed by atoms with Crippen molar-refractivity contribution in [2.75, 3.05) is 4.90 Å². The van der Waals surface area contributed by atoms with E-state index in [1.54, 1.807) is 0 Å². The van der Waals surface area contributed by atoms with Gasteiger partial charge in [0.2, 0.25) is 11.8 Å². The second-order valence-corrected chi connectivity index (χ2v) is 8.53. The first-order valence-corrected chi connectivity index (χ1v) is 10.0. The number of rotatable bonds is 3. The summed E-state index contributed by atoms with van der Waals surface area (Å²) in [5.74, 6) is 2.89. The third-order valence-electron chi connectivity index (χ3n) is 7.08. The minimum atomic E-state index is -0.158. The molecule has 0 N–H and O–H groups in total. The van der Waals surface area contributed by atoms with Crippen LogP contribution < -0.4 is 9.64 Å². The van der Waals surface area contributed by atoms with Crippen molar-refractivity contribution < 1.29 is 14.3 Å². The fraction of sp³-hybridized carbons (Fsp3) is 0.333. The number of aryl methyl sites for hydroxylation is 1. The van der Waals surface area contributed by atoms with Crippen LogP contribution in [0, 0.1) is 42.4 Å². The lowest BCUT2D eigenvalue weighted by Crippen LogP contribution is -2.40. The molecule has 3 fully saturated rings. The molecule has 0 spiro atoms. The quantitative estimate of drug-likeness (QED) is 0.595. The molecule has 2 saturated carbocycles. The van der Waals surface area contributed by atoms with Crippen molar-refractivity contribution in [3.05, 3.63) is 66.2 Å². The molecule has 1 aliphatic heterocycles. The number of anilines is 1. The zero-order valence-electron chi connectivity index (χ0n) is 15.6. The molecule has 2 aromatic rings. The molecule has 2 aromatic carbocycles. The summed E-state index contributed by atoms with van der Waals surface area (Å²) < 4.78 is 5.94. The largest absolute Gasteiger partial charge is 0.457 e. The van der Waals surface area contributed by atoms with Crippen LogP contribution in [0.4, 0.5) is 5.69 Å². The predicted molar refractivity (Wildman–Crippen MR) is 105 cm³/mol. The lowest BCUT2D eigenvalue weighted by Gasteiger charge is -2.37. The third kappa shape index (κ3) is 2.12. The number of amides is 2. The molecule has 0 unspecified atom stereocenters. The van der Waals surface area contributed by atoms with Crippen molar-refractivity contribution in [1.82, 2.24) is 0 Å². The van der Waals surface area contributed by atoms with Gasteiger partial charge in [0.05, 0.1) is 17.5 Å². The lowest BCUT2D eigenvalue weighted by molar-refractivity contribution is -0.124. The van der Waals surface area contributed by atoms with E-state index in [4.69, 9.17) is 4.74 Å². The van der Waals surface area contributed by atoms with Crippen molar-refractivity contribution in [1.29, 1.82) is 0 Å². The molecule has 2 bridgehead atoms. The Morgan fingerprint density at radius 3 is 2.07 bits per heavy atom. The molecule has 1 heterocycles. The summed E-state index contributed by atoms with van der Waals surface area (Å²) in [6, 6.07) is 15.1. The molecule has 2 amide bonds.